The van der Waals surface area contributed by atoms with Crippen LogP contribution in [0.3, 0.4) is 0 Å². The largest absolute Gasteiger partial charge is 0.416 e. The third kappa shape index (κ3) is 7.74. The van der Waals surface area contributed by atoms with E-state index >= 15 is 0 Å². The van der Waals surface area contributed by atoms with Gasteiger partial charge < -0.3 is 4.43 Å². The van der Waals surface area contributed by atoms with Crippen molar-refractivity contribution in [1.29, 1.82) is 0 Å². The van der Waals surface area contributed by atoms with E-state index in [0.29, 0.717) is 0 Å². The van der Waals surface area contributed by atoms with Gasteiger partial charge in [-0.25, -0.2) is 0 Å². The summed E-state index contributed by atoms with van der Waals surface area (Å²) in [6.45, 7) is 14.6. The first-order valence-electron chi connectivity index (χ1n) is 14.9. The average Bonchev–Trinajstić information content (AvgIpc) is 2.98. The van der Waals surface area contributed by atoms with E-state index in [0.717, 1.165) is 13.0 Å². The molecule has 0 aromatic heterocycles. The van der Waals surface area contributed by atoms with E-state index in [1.54, 1.807) is 0 Å². The van der Waals surface area contributed by atoms with Crippen molar-refractivity contribution in [2.24, 2.45) is 5.92 Å². The Morgan fingerprint density at radius 3 is 1.49 bits per heavy atom. The Bertz CT molecular complexity index is 1250. The molecule has 1 N–H and O–H groups in total. The van der Waals surface area contributed by atoms with Crippen molar-refractivity contribution in [2.75, 3.05) is 6.61 Å². The summed E-state index contributed by atoms with van der Waals surface area (Å²) >= 11 is 0. The normalized spacial score (nSPS) is 14.2. The molecule has 0 saturated heterocycles. The molecule has 41 heavy (non-hydrogen) atoms. The van der Waals surface area contributed by atoms with Crippen molar-refractivity contribution in [3.8, 4) is 0 Å². The maximum atomic E-state index is 6.74. The molecular weight excluding hydrogens is 515 g/mol. The number of nitrogens with one attached hydrogen (secondary N) is 1. The van der Waals surface area contributed by atoms with Crippen molar-refractivity contribution in [3.63, 3.8) is 0 Å². The van der Waals surface area contributed by atoms with Crippen molar-refractivity contribution < 1.29 is 4.43 Å². The zero-order chi connectivity index (χ0) is 29.3. The maximum Gasteiger partial charge on any atom is 0.192 e. The minimum absolute atomic E-state index is 0.0989. The van der Waals surface area contributed by atoms with E-state index < -0.39 is 13.9 Å². The van der Waals surface area contributed by atoms with Gasteiger partial charge in [0.2, 0.25) is 0 Å². The van der Waals surface area contributed by atoms with E-state index in [9.17, 15) is 0 Å². The highest BCUT2D eigenvalue weighted by molar-refractivity contribution is 6.74. The third-order valence-electron chi connectivity index (χ3n) is 8.54. The number of rotatable bonds is 12. The van der Waals surface area contributed by atoms with Crippen LogP contribution in [0.15, 0.2) is 133 Å². The molecule has 0 bridgehead atoms. The summed E-state index contributed by atoms with van der Waals surface area (Å²) in [4.78, 5) is 0. The minimum atomic E-state index is -1.86. The molecule has 0 unspecified atom stereocenters. The monoisotopic (exact) mass is 561 g/mol. The predicted molar refractivity (Wildman–Crippen MR) is 178 cm³/mol. The van der Waals surface area contributed by atoms with Gasteiger partial charge in [-0.2, -0.15) is 0 Å². The SMILES string of the molecule is C[C@@H](/C=C\[C@H](CO[Si](C)(C)C(C)(C)C)Cc1ccccc1)NC(c1ccccc1)(c1ccccc1)c1ccccc1. The number of hydrogen-bond acceptors (Lipinski definition) is 2. The van der Waals surface area contributed by atoms with Crippen LogP contribution in [-0.2, 0) is 16.4 Å². The van der Waals surface area contributed by atoms with Crippen LogP contribution < -0.4 is 5.32 Å². The quantitative estimate of drug-likeness (QED) is 0.106. The fraction of sp³-hybridized carbons (Fsp3) is 0.316. The second-order valence-corrected chi connectivity index (χ2v) is 17.5. The van der Waals surface area contributed by atoms with Gasteiger partial charge in [-0.05, 0) is 53.7 Å². The predicted octanol–water partition coefficient (Wildman–Crippen LogP) is 9.39. The lowest BCUT2D eigenvalue weighted by Crippen LogP contribution is -2.48. The van der Waals surface area contributed by atoms with Crippen LogP contribution in [0.4, 0.5) is 0 Å². The molecule has 0 fully saturated rings. The molecule has 2 atom stereocenters. The smallest absolute Gasteiger partial charge is 0.192 e. The first kappa shape index (κ1) is 30.7. The van der Waals surface area contributed by atoms with Gasteiger partial charge in [-0.15, -0.1) is 0 Å². The molecule has 0 heterocycles. The Kier molecular flexibility index (Phi) is 10.2. The fourth-order valence-corrected chi connectivity index (χ4v) is 6.22. The van der Waals surface area contributed by atoms with E-state index in [2.05, 4.69) is 180 Å². The first-order chi connectivity index (χ1) is 19.6. The van der Waals surface area contributed by atoms with Gasteiger partial charge in [0.25, 0.3) is 0 Å². The van der Waals surface area contributed by atoms with Crippen molar-refractivity contribution in [2.45, 2.75) is 63.8 Å². The molecule has 0 aliphatic carbocycles. The maximum absolute atomic E-state index is 6.74. The van der Waals surface area contributed by atoms with Crippen LogP contribution in [0.1, 0.15) is 49.9 Å². The molecule has 0 spiro atoms. The van der Waals surface area contributed by atoms with Gasteiger partial charge in [-0.3, -0.25) is 5.32 Å². The van der Waals surface area contributed by atoms with Gasteiger partial charge in [0, 0.05) is 18.6 Å². The third-order valence-corrected chi connectivity index (χ3v) is 13.0. The zero-order valence-electron chi connectivity index (χ0n) is 25.7. The lowest BCUT2D eigenvalue weighted by atomic mass is 9.76. The Labute approximate surface area is 249 Å². The van der Waals surface area contributed by atoms with Gasteiger partial charge in [0.15, 0.2) is 8.32 Å². The van der Waals surface area contributed by atoms with Gasteiger partial charge >= 0.3 is 0 Å². The molecule has 0 radical (unpaired) electrons. The van der Waals surface area contributed by atoms with Gasteiger partial charge in [0.05, 0.1) is 5.54 Å². The first-order valence-corrected chi connectivity index (χ1v) is 17.8. The van der Waals surface area contributed by atoms with Crippen LogP contribution in [-0.4, -0.2) is 21.0 Å². The molecule has 0 saturated carbocycles. The fourth-order valence-electron chi connectivity index (χ4n) is 5.16. The standard InChI is InChI=1S/C38H47NOSi/c1-31(27-28-33(29-32-19-11-7-12-20-32)30-40-41(5,6)37(2,3)4)39-38(34-21-13-8-14-22-34,35-23-15-9-16-24-35)36-25-17-10-18-26-36/h7-28,31,33,39H,29-30H2,1-6H3/b28-27-/t31-,33-/m0/s1. The summed E-state index contributed by atoms with van der Waals surface area (Å²) in [5.41, 5.74) is 4.51. The summed E-state index contributed by atoms with van der Waals surface area (Å²) in [5.74, 6) is 0.287. The van der Waals surface area contributed by atoms with Gasteiger partial charge in [0.1, 0.15) is 0 Å². The zero-order valence-corrected chi connectivity index (χ0v) is 26.7. The van der Waals surface area contributed by atoms with Crippen molar-refractivity contribution >= 4 is 8.32 Å². The Morgan fingerprint density at radius 1 is 0.659 bits per heavy atom. The molecule has 4 aromatic carbocycles. The van der Waals surface area contributed by atoms with E-state index in [1.807, 2.05) is 0 Å². The summed E-state index contributed by atoms with van der Waals surface area (Å²) in [6, 6.07) is 43.3. The lowest BCUT2D eigenvalue weighted by Gasteiger charge is -2.39. The Balaban J connectivity index is 1.67. The Morgan fingerprint density at radius 2 is 1.07 bits per heavy atom. The van der Waals surface area contributed by atoms with Crippen LogP contribution in [0.5, 0.6) is 0 Å². The highest BCUT2D eigenvalue weighted by atomic mass is 28.4. The summed E-state index contributed by atoms with van der Waals surface area (Å²) in [6.07, 6.45) is 5.68. The highest BCUT2D eigenvalue weighted by Gasteiger charge is 2.38. The summed E-state index contributed by atoms with van der Waals surface area (Å²) < 4.78 is 6.74. The lowest BCUT2D eigenvalue weighted by molar-refractivity contribution is 0.250. The van der Waals surface area contributed by atoms with E-state index in [4.69, 9.17) is 4.43 Å². The van der Waals surface area contributed by atoms with Crippen LogP contribution in [0.25, 0.3) is 0 Å². The van der Waals surface area contributed by atoms with Crippen LogP contribution >= 0.6 is 0 Å². The molecule has 0 amide bonds. The molecule has 4 aromatic rings. The summed E-state index contributed by atoms with van der Waals surface area (Å²) in [5, 5.41) is 4.26. The number of hydrogen-bond donors (Lipinski definition) is 1. The van der Waals surface area contributed by atoms with Crippen molar-refractivity contribution in [3.05, 3.63) is 156 Å². The van der Waals surface area contributed by atoms with Gasteiger partial charge in [-0.1, -0.05) is 154 Å². The minimum Gasteiger partial charge on any atom is -0.416 e. The molecule has 3 heteroatoms. The van der Waals surface area contributed by atoms with Crippen molar-refractivity contribution in [1.82, 2.24) is 5.32 Å². The average molecular weight is 562 g/mol. The Hall–Kier alpha value is -3.24. The molecule has 0 aliphatic rings. The second-order valence-electron chi connectivity index (χ2n) is 12.7. The highest BCUT2D eigenvalue weighted by Crippen LogP contribution is 2.38. The molecule has 4 rings (SSSR count). The van der Waals surface area contributed by atoms with E-state index in [-0.39, 0.29) is 17.0 Å². The second kappa shape index (κ2) is 13.6. The van der Waals surface area contributed by atoms with E-state index in [1.165, 1.54) is 22.3 Å². The van der Waals surface area contributed by atoms with Crippen LogP contribution in [0.2, 0.25) is 18.1 Å². The molecule has 214 valence electrons. The number of benzene rings is 4. The summed E-state index contributed by atoms with van der Waals surface area (Å²) in [7, 11) is -1.86. The molecular formula is C38H47NOSi. The van der Waals surface area contributed by atoms with Crippen LogP contribution in [0, 0.1) is 5.92 Å². The topological polar surface area (TPSA) is 21.3 Å². The molecule has 2 nitrogen and oxygen atoms in total. The molecule has 0 aliphatic heterocycles.